The molecule has 0 fully saturated rings. The Kier molecular flexibility index (Phi) is 5.20. The van der Waals surface area contributed by atoms with Crippen LogP contribution in [0.1, 0.15) is 30.4 Å². The van der Waals surface area contributed by atoms with Crippen molar-refractivity contribution in [3.63, 3.8) is 0 Å². The first-order valence-corrected chi connectivity index (χ1v) is 7.47. The molecule has 0 radical (unpaired) electrons. The lowest BCUT2D eigenvalue weighted by molar-refractivity contribution is 0.283. The Labute approximate surface area is 127 Å². The van der Waals surface area contributed by atoms with Gasteiger partial charge in [-0.3, -0.25) is 0 Å². The number of nitrogens with two attached hydrogens (primary N) is 1. The van der Waals surface area contributed by atoms with Gasteiger partial charge in [0, 0.05) is 12.1 Å². The monoisotopic (exact) mass is 338 g/mol. The maximum absolute atomic E-state index is 6.04. The standard InChI is InChI=1S/C15H19BrN2O2/c1-3-12(17)8-11-5-4-6-14(16)15(11)19-9-13-7-10(2)20-18-13/h4-7,12H,3,8-9,17H2,1-2H3. The number of hydrogen-bond donors (Lipinski definition) is 1. The molecule has 0 amide bonds. The highest BCUT2D eigenvalue weighted by Crippen LogP contribution is 2.30. The van der Waals surface area contributed by atoms with Crippen LogP contribution >= 0.6 is 15.9 Å². The molecule has 1 aromatic heterocycles. The Morgan fingerprint density at radius 3 is 2.90 bits per heavy atom. The number of rotatable bonds is 6. The molecular weight excluding hydrogens is 320 g/mol. The lowest BCUT2D eigenvalue weighted by Gasteiger charge is -2.15. The summed E-state index contributed by atoms with van der Waals surface area (Å²) in [5.74, 6) is 1.61. The first-order chi connectivity index (χ1) is 9.60. The first kappa shape index (κ1) is 15.1. The second kappa shape index (κ2) is 6.90. The number of benzene rings is 1. The van der Waals surface area contributed by atoms with Crippen molar-refractivity contribution in [2.75, 3.05) is 0 Å². The number of hydrogen-bond acceptors (Lipinski definition) is 4. The van der Waals surface area contributed by atoms with Gasteiger partial charge >= 0.3 is 0 Å². The van der Waals surface area contributed by atoms with Gasteiger partial charge < -0.3 is 15.0 Å². The Morgan fingerprint density at radius 2 is 2.25 bits per heavy atom. The molecule has 0 saturated heterocycles. The number of ether oxygens (including phenoxy) is 1. The number of aryl methyl sites for hydroxylation is 1. The van der Waals surface area contributed by atoms with E-state index in [1.54, 1.807) is 0 Å². The van der Waals surface area contributed by atoms with Crippen LogP contribution < -0.4 is 10.5 Å². The SMILES string of the molecule is CCC(N)Cc1cccc(Br)c1OCc1cc(C)on1. The summed E-state index contributed by atoms with van der Waals surface area (Å²) in [5.41, 5.74) is 7.92. The summed E-state index contributed by atoms with van der Waals surface area (Å²) < 4.78 is 11.9. The molecule has 2 rings (SSSR count). The van der Waals surface area contributed by atoms with Crippen LogP contribution in [0.4, 0.5) is 0 Å². The maximum atomic E-state index is 6.04. The number of para-hydroxylation sites is 1. The lowest BCUT2D eigenvalue weighted by atomic mass is 10.0. The Morgan fingerprint density at radius 1 is 1.45 bits per heavy atom. The van der Waals surface area contributed by atoms with E-state index in [4.69, 9.17) is 15.0 Å². The molecule has 108 valence electrons. The smallest absolute Gasteiger partial charge is 0.137 e. The van der Waals surface area contributed by atoms with E-state index in [-0.39, 0.29) is 6.04 Å². The van der Waals surface area contributed by atoms with E-state index in [0.717, 1.165) is 40.1 Å². The van der Waals surface area contributed by atoms with Crippen LogP contribution in [0.3, 0.4) is 0 Å². The molecule has 0 saturated carbocycles. The van der Waals surface area contributed by atoms with Crippen LogP contribution in [0.15, 0.2) is 33.3 Å². The highest BCUT2D eigenvalue weighted by atomic mass is 79.9. The van der Waals surface area contributed by atoms with Crippen molar-refractivity contribution in [3.05, 3.63) is 45.8 Å². The van der Waals surface area contributed by atoms with Crippen LogP contribution in [0.25, 0.3) is 0 Å². The van der Waals surface area contributed by atoms with Gasteiger partial charge in [0.2, 0.25) is 0 Å². The zero-order valence-corrected chi connectivity index (χ0v) is 13.3. The van der Waals surface area contributed by atoms with Crippen molar-refractivity contribution in [2.24, 2.45) is 5.73 Å². The molecule has 2 aromatic rings. The molecule has 0 aliphatic rings. The predicted octanol–water partition coefficient (Wildman–Crippen LogP) is 3.60. The number of aromatic nitrogens is 1. The number of nitrogens with zero attached hydrogens (tertiary/aromatic N) is 1. The van der Waals surface area contributed by atoms with Crippen molar-refractivity contribution >= 4 is 15.9 Å². The van der Waals surface area contributed by atoms with Gasteiger partial charge in [0.1, 0.15) is 23.8 Å². The average Bonchev–Trinajstić information content (AvgIpc) is 2.83. The van der Waals surface area contributed by atoms with Gasteiger partial charge in [-0.15, -0.1) is 0 Å². The topological polar surface area (TPSA) is 61.3 Å². The average molecular weight is 339 g/mol. The van der Waals surface area contributed by atoms with Crippen LogP contribution in [0, 0.1) is 6.92 Å². The normalized spacial score (nSPS) is 12.4. The van der Waals surface area contributed by atoms with E-state index in [0.29, 0.717) is 6.61 Å². The fraction of sp³-hybridized carbons (Fsp3) is 0.400. The summed E-state index contributed by atoms with van der Waals surface area (Å²) in [6, 6.07) is 8.01. The molecule has 1 atom stereocenters. The van der Waals surface area contributed by atoms with Crippen LogP contribution in [-0.4, -0.2) is 11.2 Å². The third kappa shape index (κ3) is 3.84. The van der Waals surface area contributed by atoms with Gasteiger partial charge in [-0.25, -0.2) is 0 Å². The molecule has 1 aromatic carbocycles. The van der Waals surface area contributed by atoms with Gasteiger partial charge in [0.25, 0.3) is 0 Å². The fourth-order valence-corrected chi connectivity index (χ4v) is 2.46. The third-order valence-corrected chi connectivity index (χ3v) is 3.72. The zero-order chi connectivity index (χ0) is 14.5. The summed E-state index contributed by atoms with van der Waals surface area (Å²) >= 11 is 3.53. The molecule has 5 heteroatoms. The molecular formula is C15H19BrN2O2. The van der Waals surface area contributed by atoms with E-state index in [9.17, 15) is 0 Å². The molecule has 0 aliphatic carbocycles. The van der Waals surface area contributed by atoms with Gasteiger partial charge in [-0.2, -0.15) is 0 Å². The highest BCUT2D eigenvalue weighted by Gasteiger charge is 2.12. The Bertz CT molecular complexity index is 569. The Hall–Kier alpha value is -1.33. The van der Waals surface area contributed by atoms with Gasteiger partial charge in [0.15, 0.2) is 0 Å². The quantitative estimate of drug-likeness (QED) is 0.873. The largest absolute Gasteiger partial charge is 0.486 e. The maximum Gasteiger partial charge on any atom is 0.137 e. The van der Waals surface area contributed by atoms with Crippen LogP contribution in [0.5, 0.6) is 5.75 Å². The summed E-state index contributed by atoms with van der Waals surface area (Å²) in [6.07, 6.45) is 1.73. The van der Waals surface area contributed by atoms with Gasteiger partial charge in [-0.05, 0) is 47.3 Å². The minimum Gasteiger partial charge on any atom is -0.486 e. The summed E-state index contributed by atoms with van der Waals surface area (Å²) in [7, 11) is 0. The van der Waals surface area contributed by atoms with E-state index >= 15 is 0 Å². The molecule has 1 unspecified atom stereocenters. The third-order valence-electron chi connectivity index (χ3n) is 3.10. The fourth-order valence-electron chi connectivity index (χ4n) is 1.93. The second-order valence-electron chi connectivity index (χ2n) is 4.82. The molecule has 4 nitrogen and oxygen atoms in total. The van der Waals surface area contributed by atoms with Crippen LogP contribution in [-0.2, 0) is 13.0 Å². The zero-order valence-electron chi connectivity index (χ0n) is 11.7. The first-order valence-electron chi connectivity index (χ1n) is 6.68. The molecule has 1 heterocycles. The molecule has 0 aliphatic heterocycles. The minimum absolute atomic E-state index is 0.140. The second-order valence-corrected chi connectivity index (χ2v) is 5.67. The van der Waals surface area contributed by atoms with Crippen molar-refractivity contribution in [1.82, 2.24) is 5.16 Å². The summed E-state index contributed by atoms with van der Waals surface area (Å²) in [4.78, 5) is 0. The van der Waals surface area contributed by atoms with E-state index in [1.165, 1.54) is 0 Å². The molecule has 0 bridgehead atoms. The molecule has 2 N–H and O–H groups in total. The van der Waals surface area contributed by atoms with E-state index < -0.39 is 0 Å². The van der Waals surface area contributed by atoms with Gasteiger partial charge in [-0.1, -0.05) is 24.2 Å². The molecule has 20 heavy (non-hydrogen) atoms. The lowest BCUT2D eigenvalue weighted by Crippen LogP contribution is -2.21. The summed E-state index contributed by atoms with van der Waals surface area (Å²) in [6.45, 7) is 4.33. The number of halogens is 1. The van der Waals surface area contributed by atoms with Gasteiger partial charge in [0.05, 0.1) is 4.47 Å². The highest BCUT2D eigenvalue weighted by molar-refractivity contribution is 9.10. The van der Waals surface area contributed by atoms with Crippen molar-refractivity contribution in [1.29, 1.82) is 0 Å². The van der Waals surface area contributed by atoms with Crippen molar-refractivity contribution in [3.8, 4) is 5.75 Å². The van der Waals surface area contributed by atoms with E-state index in [1.807, 2.05) is 31.2 Å². The van der Waals surface area contributed by atoms with Crippen molar-refractivity contribution < 1.29 is 9.26 Å². The predicted molar refractivity (Wildman–Crippen MR) is 81.7 cm³/mol. The molecule has 0 spiro atoms. The summed E-state index contributed by atoms with van der Waals surface area (Å²) in [5, 5.41) is 3.93. The minimum atomic E-state index is 0.140. The Balaban J connectivity index is 2.12. The van der Waals surface area contributed by atoms with E-state index in [2.05, 4.69) is 28.0 Å². The van der Waals surface area contributed by atoms with Crippen LogP contribution in [0.2, 0.25) is 0 Å². The van der Waals surface area contributed by atoms with Crippen molar-refractivity contribution in [2.45, 2.75) is 39.3 Å².